The third-order valence-electron chi connectivity index (χ3n) is 4.36. The maximum atomic E-state index is 11.5. The lowest BCUT2D eigenvalue weighted by atomic mass is 10.1. The summed E-state index contributed by atoms with van der Waals surface area (Å²) in [5.74, 6) is 0.454. The zero-order valence-corrected chi connectivity index (χ0v) is 15.5. The predicted molar refractivity (Wildman–Crippen MR) is 101 cm³/mol. The number of nitriles is 1. The van der Waals surface area contributed by atoms with Crippen LogP contribution in [-0.4, -0.2) is 35.0 Å². The van der Waals surface area contributed by atoms with Crippen LogP contribution >= 0.6 is 0 Å². The molecule has 0 saturated heterocycles. The van der Waals surface area contributed by atoms with Gasteiger partial charge in [-0.25, -0.2) is 23.5 Å². The molecule has 0 saturated carbocycles. The number of nitrogens with two attached hydrogens (primary N) is 1. The molecule has 0 radical (unpaired) electrons. The van der Waals surface area contributed by atoms with Crippen molar-refractivity contribution in [3.63, 3.8) is 0 Å². The van der Waals surface area contributed by atoms with Gasteiger partial charge in [-0.15, -0.1) is 0 Å². The van der Waals surface area contributed by atoms with Gasteiger partial charge in [0.15, 0.2) is 5.65 Å². The van der Waals surface area contributed by atoms with Gasteiger partial charge in [-0.2, -0.15) is 10.2 Å². The second-order valence-corrected chi connectivity index (χ2v) is 7.63. The fourth-order valence-corrected chi connectivity index (χ4v) is 3.55. The van der Waals surface area contributed by atoms with Crippen LogP contribution in [0, 0.1) is 11.3 Å². The summed E-state index contributed by atoms with van der Waals surface area (Å²) in [6.45, 7) is 0.315. The van der Waals surface area contributed by atoms with Crippen LogP contribution in [0.15, 0.2) is 47.8 Å². The van der Waals surface area contributed by atoms with Crippen molar-refractivity contribution < 1.29 is 13.2 Å². The average molecular weight is 394 g/mol. The molecule has 0 amide bonds. The van der Waals surface area contributed by atoms with Crippen LogP contribution in [0.1, 0.15) is 11.1 Å². The monoisotopic (exact) mass is 394 g/mol. The third kappa shape index (κ3) is 3.02. The van der Waals surface area contributed by atoms with E-state index >= 15 is 0 Å². The van der Waals surface area contributed by atoms with Gasteiger partial charge in [-0.1, -0.05) is 6.07 Å². The molecule has 4 rings (SSSR count). The van der Waals surface area contributed by atoms with Gasteiger partial charge in [0.05, 0.1) is 48.2 Å². The first kappa shape index (κ1) is 17.8. The molecule has 0 aliphatic heterocycles. The van der Waals surface area contributed by atoms with Gasteiger partial charge in [-0.3, -0.25) is 0 Å². The highest BCUT2D eigenvalue weighted by atomic mass is 32.2. The zero-order valence-electron chi connectivity index (χ0n) is 14.7. The first-order valence-corrected chi connectivity index (χ1v) is 9.66. The molecular weight excluding hydrogens is 380 g/mol. The van der Waals surface area contributed by atoms with Crippen LogP contribution in [0.4, 0.5) is 0 Å². The Morgan fingerprint density at radius 1 is 1.25 bits per heavy atom. The van der Waals surface area contributed by atoms with Crippen molar-refractivity contribution in [3.05, 3.63) is 54.0 Å². The number of ether oxygens (including phenoxy) is 1. The van der Waals surface area contributed by atoms with Gasteiger partial charge < -0.3 is 9.30 Å². The van der Waals surface area contributed by atoms with Crippen molar-refractivity contribution in [2.45, 2.75) is 11.4 Å². The van der Waals surface area contributed by atoms with Crippen molar-refractivity contribution in [2.75, 3.05) is 7.11 Å². The van der Waals surface area contributed by atoms with E-state index < -0.39 is 10.0 Å². The van der Waals surface area contributed by atoms with Crippen LogP contribution < -0.4 is 9.88 Å². The molecule has 0 aliphatic carbocycles. The number of methoxy groups -OCH3 is 1. The van der Waals surface area contributed by atoms with Crippen LogP contribution in [0.5, 0.6) is 5.88 Å². The van der Waals surface area contributed by atoms with E-state index in [1.807, 2.05) is 16.7 Å². The van der Waals surface area contributed by atoms with Gasteiger partial charge in [0.1, 0.15) is 5.52 Å². The van der Waals surface area contributed by atoms with Gasteiger partial charge in [0.25, 0.3) is 0 Å². The second-order valence-electron chi connectivity index (χ2n) is 6.07. The van der Waals surface area contributed by atoms with E-state index in [9.17, 15) is 13.7 Å². The summed E-state index contributed by atoms with van der Waals surface area (Å²) in [7, 11) is -2.35. The van der Waals surface area contributed by atoms with Crippen LogP contribution in [0.2, 0.25) is 0 Å². The Bertz CT molecular complexity index is 1370. The third-order valence-corrected chi connectivity index (χ3v) is 5.27. The number of primary sulfonamides is 1. The number of hydrogen-bond acceptors (Lipinski definition) is 7. The molecule has 0 unspecified atom stereocenters. The smallest absolute Gasteiger partial charge is 0.238 e. The molecule has 3 aromatic heterocycles. The SMILES string of the molecule is COc1ccc2c(ncc3ncn(Cc4ccc(S(N)(=O)=O)cc4C#N)c32)n1. The summed E-state index contributed by atoms with van der Waals surface area (Å²) in [6, 6.07) is 9.85. The molecule has 10 heteroatoms. The Kier molecular flexibility index (Phi) is 4.18. The van der Waals surface area contributed by atoms with Crippen molar-refractivity contribution in [3.8, 4) is 11.9 Å². The minimum absolute atomic E-state index is 0.103. The first-order valence-electron chi connectivity index (χ1n) is 8.11. The van der Waals surface area contributed by atoms with E-state index in [4.69, 9.17) is 9.88 Å². The van der Waals surface area contributed by atoms with Crippen LogP contribution in [-0.2, 0) is 16.6 Å². The summed E-state index contributed by atoms with van der Waals surface area (Å²) in [4.78, 5) is 12.9. The molecule has 28 heavy (non-hydrogen) atoms. The van der Waals surface area contributed by atoms with E-state index in [-0.39, 0.29) is 10.5 Å². The van der Waals surface area contributed by atoms with Gasteiger partial charge >= 0.3 is 0 Å². The molecule has 3 heterocycles. The van der Waals surface area contributed by atoms with E-state index in [1.54, 1.807) is 24.7 Å². The number of aromatic nitrogens is 4. The summed E-state index contributed by atoms with van der Waals surface area (Å²) < 4.78 is 30.1. The standard InChI is InChI=1S/C18H14N6O3S/c1-27-16-5-4-14-17-15(8-21-18(14)23-16)22-10-24(17)9-11-2-3-13(28(20,25)26)6-12(11)7-19/h2-6,8,10H,9H2,1H3,(H2,20,25,26). The number of rotatable bonds is 4. The predicted octanol–water partition coefficient (Wildman–Crippen LogP) is 1.56. The molecule has 0 atom stereocenters. The van der Waals surface area contributed by atoms with E-state index in [0.29, 0.717) is 29.2 Å². The summed E-state index contributed by atoms with van der Waals surface area (Å²) in [5.41, 5.74) is 2.87. The molecule has 9 nitrogen and oxygen atoms in total. The highest BCUT2D eigenvalue weighted by molar-refractivity contribution is 7.89. The largest absolute Gasteiger partial charge is 0.481 e. The lowest BCUT2D eigenvalue weighted by Crippen LogP contribution is -2.13. The second kappa shape index (κ2) is 6.56. The Morgan fingerprint density at radius 2 is 2.07 bits per heavy atom. The normalized spacial score (nSPS) is 11.6. The lowest BCUT2D eigenvalue weighted by molar-refractivity contribution is 0.399. The van der Waals surface area contributed by atoms with E-state index in [0.717, 1.165) is 10.9 Å². The fraction of sp³-hybridized carbons (Fsp3) is 0.111. The Labute approximate surface area is 160 Å². The molecule has 1 aromatic carbocycles. The van der Waals surface area contributed by atoms with E-state index in [1.165, 1.54) is 19.2 Å². The molecule has 0 bridgehead atoms. The van der Waals surface area contributed by atoms with Gasteiger partial charge in [0, 0.05) is 11.5 Å². The van der Waals surface area contributed by atoms with Gasteiger partial charge in [-0.05, 0) is 23.8 Å². The van der Waals surface area contributed by atoms with Crippen molar-refractivity contribution in [1.82, 2.24) is 19.5 Å². The minimum atomic E-state index is -3.88. The number of fused-ring (bicyclic) bond motifs is 3. The van der Waals surface area contributed by atoms with Crippen molar-refractivity contribution >= 4 is 32.1 Å². The van der Waals surface area contributed by atoms with Crippen LogP contribution in [0.3, 0.4) is 0 Å². The quantitative estimate of drug-likeness (QED) is 0.554. The minimum Gasteiger partial charge on any atom is -0.481 e. The Balaban J connectivity index is 1.85. The molecule has 0 spiro atoms. The summed E-state index contributed by atoms with van der Waals surface area (Å²) in [6.07, 6.45) is 3.26. The van der Waals surface area contributed by atoms with Gasteiger partial charge in [0.2, 0.25) is 15.9 Å². The number of sulfonamides is 1. The lowest BCUT2D eigenvalue weighted by Gasteiger charge is -2.09. The number of benzene rings is 1. The molecule has 0 fully saturated rings. The summed E-state index contributed by atoms with van der Waals surface area (Å²) in [5, 5.41) is 15.4. The van der Waals surface area contributed by atoms with Crippen molar-refractivity contribution in [1.29, 1.82) is 5.26 Å². The molecule has 0 aliphatic rings. The summed E-state index contributed by atoms with van der Waals surface area (Å²) >= 11 is 0. The van der Waals surface area contributed by atoms with Crippen molar-refractivity contribution in [2.24, 2.45) is 5.14 Å². The highest BCUT2D eigenvalue weighted by Crippen LogP contribution is 2.25. The number of pyridine rings is 2. The topological polar surface area (TPSA) is 137 Å². The number of hydrogen-bond donors (Lipinski definition) is 1. The molecule has 4 aromatic rings. The Morgan fingerprint density at radius 3 is 2.79 bits per heavy atom. The van der Waals surface area contributed by atoms with E-state index in [2.05, 4.69) is 15.0 Å². The Hall–Kier alpha value is -3.55. The molecular formula is C18H14N6O3S. The number of nitrogens with zero attached hydrogens (tertiary/aromatic N) is 5. The fourth-order valence-electron chi connectivity index (χ4n) is 3.01. The number of imidazole rings is 1. The zero-order chi connectivity index (χ0) is 19.9. The first-order chi connectivity index (χ1) is 13.4. The molecule has 140 valence electrons. The maximum absolute atomic E-state index is 11.5. The van der Waals surface area contributed by atoms with Crippen LogP contribution in [0.25, 0.3) is 22.1 Å². The molecule has 2 N–H and O–H groups in total. The maximum Gasteiger partial charge on any atom is 0.238 e. The average Bonchev–Trinajstić information content (AvgIpc) is 3.10. The highest BCUT2D eigenvalue weighted by Gasteiger charge is 2.14.